The molecule has 3 unspecified atom stereocenters. The maximum Gasteiger partial charge on any atom is 0.293 e. The zero-order chi connectivity index (χ0) is 26.3. The molecule has 3 heterocycles. The number of amides is 3. The van der Waals surface area contributed by atoms with Crippen molar-refractivity contribution in [3.8, 4) is 0 Å². The molecule has 11 heteroatoms. The zero-order valence-corrected chi connectivity index (χ0v) is 20.8. The summed E-state index contributed by atoms with van der Waals surface area (Å²) in [5.41, 5.74) is 2.72. The van der Waals surface area contributed by atoms with Crippen LogP contribution in [0.2, 0.25) is 5.02 Å². The van der Waals surface area contributed by atoms with Crippen molar-refractivity contribution in [1.82, 2.24) is 15.6 Å². The molecule has 0 bridgehead atoms. The number of aliphatic hydroxyl groups excluding tert-OH is 1. The number of Topliss-reactive ketones (excluding diaryl/α,β-unsaturated/α-hetero) is 1. The first-order chi connectivity index (χ1) is 17.7. The maximum atomic E-state index is 13.0. The van der Waals surface area contributed by atoms with Crippen LogP contribution in [0.15, 0.2) is 42.6 Å². The van der Waals surface area contributed by atoms with Gasteiger partial charge in [0.2, 0.25) is 11.8 Å². The summed E-state index contributed by atoms with van der Waals surface area (Å²) in [7, 11) is 0. The molecule has 0 aliphatic carbocycles. The first-order valence-corrected chi connectivity index (χ1v) is 12.3. The zero-order valence-electron chi connectivity index (χ0n) is 20.0. The molecular weight excluding hydrogens is 498 g/mol. The van der Waals surface area contributed by atoms with Crippen molar-refractivity contribution in [3.63, 3.8) is 0 Å². The minimum atomic E-state index is -0.894. The fourth-order valence-corrected chi connectivity index (χ4v) is 5.10. The number of H-pyrrole nitrogens is 1. The second kappa shape index (κ2) is 9.97. The number of halogens is 1. The van der Waals surface area contributed by atoms with Gasteiger partial charge in [-0.3, -0.25) is 19.2 Å². The molecule has 192 valence electrons. The van der Waals surface area contributed by atoms with Crippen LogP contribution < -0.4 is 20.9 Å². The third-order valence-electron chi connectivity index (χ3n) is 6.73. The number of carbonyl (C=O) groups is 4. The predicted octanol–water partition coefficient (Wildman–Crippen LogP) is 1.90. The molecule has 3 aromatic rings. The van der Waals surface area contributed by atoms with Crippen molar-refractivity contribution in [2.45, 2.75) is 38.0 Å². The molecule has 3 atom stereocenters. The molecule has 2 fully saturated rings. The average molecular weight is 524 g/mol. The highest BCUT2D eigenvalue weighted by Crippen LogP contribution is 2.30. The van der Waals surface area contributed by atoms with E-state index in [1.165, 1.54) is 11.1 Å². The van der Waals surface area contributed by atoms with Crippen LogP contribution in [0.1, 0.15) is 28.8 Å². The Morgan fingerprint density at radius 1 is 1.16 bits per heavy atom. The minimum Gasteiger partial charge on any atom is -0.392 e. The number of nitrogens with one attached hydrogen (secondary N) is 4. The third-order valence-corrected chi connectivity index (χ3v) is 7.03. The molecule has 0 radical (unpaired) electrons. The summed E-state index contributed by atoms with van der Waals surface area (Å²) in [4.78, 5) is 55.8. The van der Waals surface area contributed by atoms with Gasteiger partial charge in [-0.25, -0.2) is 0 Å². The van der Waals surface area contributed by atoms with E-state index in [2.05, 4.69) is 20.9 Å². The highest BCUT2D eigenvalue weighted by Gasteiger charge is 2.36. The number of aryl methyl sites for hydroxylation is 1. The quantitative estimate of drug-likeness (QED) is 0.246. The number of carbonyl (C=O) groups excluding carboxylic acids is 4. The topological polar surface area (TPSA) is 144 Å². The fourth-order valence-electron chi connectivity index (χ4n) is 4.76. The Kier molecular flexibility index (Phi) is 6.72. The Balaban J connectivity index is 1.28. The number of aliphatic hydroxyl groups is 1. The van der Waals surface area contributed by atoms with Crippen LogP contribution in [0.25, 0.3) is 10.9 Å². The molecule has 2 saturated heterocycles. The van der Waals surface area contributed by atoms with Crippen LogP contribution in [0, 0.1) is 6.92 Å². The van der Waals surface area contributed by atoms with Crippen molar-refractivity contribution >= 4 is 57.4 Å². The molecule has 2 aliphatic heterocycles. The van der Waals surface area contributed by atoms with Gasteiger partial charge in [0.1, 0.15) is 6.04 Å². The number of nitrogens with zero attached hydrogens (tertiary/aromatic N) is 1. The number of rotatable bonds is 6. The second-order valence-corrected chi connectivity index (χ2v) is 9.80. The predicted molar refractivity (Wildman–Crippen MR) is 139 cm³/mol. The highest BCUT2D eigenvalue weighted by molar-refractivity contribution is 6.45. The largest absolute Gasteiger partial charge is 0.392 e. The Hall–Kier alpha value is -3.73. The van der Waals surface area contributed by atoms with Crippen molar-refractivity contribution in [2.24, 2.45) is 0 Å². The molecule has 5 N–H and O–H groups in total. The van der Waals surface area contributed by atoms with E-state index in [1.807, 2.05) is 13.0 Å². The molecule has 2 aliphatic rings. The van der Waals surface area contributed by atoms with Crippen molar-refractivity contribution in [3.05, 3.63) is 58.7 Å². The van der Waals surface area contributed by atoms with Gasteiger partial charge in [-0.15, -0.1) is 0 Å². The normalized spacial score (nSPS) is 21.4. The van der Waals surface area contributed by atoms with Gasteiger partial charge in [-0.1, -0.05) is 17.7 Å². The lowest BCUT2D eigenvalue weighted by Crippen LogP contribution is -2.44. The van der Waals surface area contributed by atoms with Crippen LogP contribution in [-0.4, -0.2) is 64.9 Å². The summed E-state index contributed by atoms with van der Waals surface area (Å²) in [5, 5.41) is 18.8. The average Bonchev–Trinajstić information content (AvgIpc) is 3.58. The summed E-state index contributed by atoms with van der Waals surface area (Å²) < 4.78 is 0. The minimum absolute atomic E-state index is 0.127. The number of benzene rings is 2. The molecule has 0 saturated carbocycles. The van der Waals surface area contributed by atoms with Gasteiger partial charge >= 0.3 is 0 Å². The Bertz CT molecular complexity index is 1420. The van der Waals surface area contributed by atoms with Crippen LogP contribution >= 0.6 is 11.6 Å². The standard InChI is InChI=1S/C26H26ClN5O5/c1-13-2-5-22(18(27)8-13)32-7-6-20(26(32)37)31-25(36)23(34)17-12-29-19-4-3-14(9-16(17)19)30-24(35)21-10-15(33)11-28-21/h2-5,8-9,12,15,20-21,28-29,33H,6-7,10-11H2,1H3,(H,30,35)(H,31,36). The van der Waals surface area contributed by atoms with E-state index in [9.17, 15) is 24.3 Å². The number of hydrogen-bond acceptors (Lipinski definition) is 6. The summed E-state index contributed by atoms with van der Waals surface area (Å²) >= 11 is 6.31. The van der Waals surface area contributed by atoms with E-state index >= 15 is 0 Å². The Morgan fingerprint density at radius 2 is 1.97 bits per heavy atom. The SMILES string of the molecule is Cc1ccc(N2CCC(NC(=O)C(=O)c3c[nH]c4ccc(NC(=O)C5CC(O)CN5)cc34)C2=O)c(Cl)c1. The number of aromatic nitrogens is 1. The number of fused-ring (bicyclic) bond motifs is 1. The van der Waals surface area contributed by atoms with Crippen LogP contribution in [0.4, 0.5) is 11.4 Å². The first-order valence-electron chi connectivity index (χ1n) is 12.0. The molecule has 10 nitrogen and oxygen atoms in total. The van der Waals surface area contributed by atoms with Crippen molar-refractivity contribution < 1.29 is 24.3 Å². The molecule has 1 aromatic heterocycles. The van der Waals surface area contributed by atoms with Gasteiger partial charge < -0.3 is 30.9 Å². The number of hydrogen-bond donors (Lipinski definition) is 5. The van der Waals surface area contributed by atoms with Gasteiger partial charge in [0, 0.05) is 35.9 Å². The second-order valence-electron chi connectivity index (χ2n) is 9.39. The molecule has 0 spiro atoms. The van der Waals surface area contributed by atoms with E-state index in [0.29, 0.717) is 53.2 Å². The summed E-state index contributed by atoms with van der Waals surface area (Å²) in [5.74, 6) is -2.32. The lowest BCUT2D eigenvalue weighted by Gasteiger charge is -2.18. The summed E-state index contributed by atoms with van der Waals surface area (Å²) in [6.07, 6.45) is 1.52. The fraction of sp³-hybridized carbons (Fsp3) is 0.308. The van der Waals surface area contributed by atoms with Crippen molar-refractivity contribution in [1.29, 1.82) is 0 Å². The van der Waals surface area contributed by atoms with Crippen molar-refractivity contribution in [2.75, 3.05) is 23.3 Å². The lowest BCUT2D eigenvalue weighted by atomic mass is 10.1. The smallest absolute Gasteiger partial charge is 0.293 e. The van der Waals surface area contributed by atoms with Gasteiger partial charge in [0.05, 0.1) is 28.4 Å². The van der Waals surface area contributed by atoms with Crippen LogP contribution in [-0.2, 0) is 14.4 Å². The van der Waals surface area contributed by atoms with E-state index in [-0.39, 0.29) is 17.4 Å². The number of β-amino-alcohol motifs (C(OH)–C–C–N with tert-alkyl or cyclic N) is 1. The summed E-state index contributed by atoms with van der Waals surface area (Å²) in [6.45, 7) is 2.61. The number of anilines is 2. The van der Waals surface area contributed by atoms with Gasteiger partial charge in [-0.05, 0) is 55.7 Å². The van der Waals surface area contributed by atoms with Gasteiger partial charge in [0.25, 0.3) is 11.7 Å². The van der Waals surface area contributed by atoms with Gasteiger partial charge in [0.15, 0.2) is 0 Å². The number of ketones is 1. The Labute approximate surface area is 217 Å². The van der Waals surface area contributed by atoms with Crippen LogP contribution in [0.5, 0.6) is 0 Å². The molecule has 5 rings (SSSR count). The lowest BCUT2D eigenvalue weighted by molar-refractivity contribution is -0.124. The van der Waals surface area contributed by atoms with Crippen LogP contribution in [0.3, 0.4) is 0 Å². The maximum absolute atomic E-state index is 13.0. The molecule has 2 aromatic carbocycles. The van der Waals surface area contributed by atoms with E-state index < -0.39 is 29.9 Å². The molecule has 3 amide bonds. The molecular formula is C26H26ClN5O5. The first kappa shape index (κ1) is 24.9. The Morgan fingerprint density at radius 3 is 2.70 bits per heavy atom. The van der Waals surface area contributed by atoms with E-state index in [1.54, 1.807) is 30.3 Å². The monoisotopic (exact) mass is 523 g/mol. The number of aromatic amines is 1. The highest BCUT2D eigenvalue weighted by atomic mass is 35.5. The summed E-state index contributed by atoms with van der Waals surface area (Å²) in [6, 6.07) is 9.01. The van der Waals surface area contributed by atoms with E-state index in [4.69, 9.17) is 11.6 Å². The van der Waals surface area contributed by atoms with Gasteiger partial charge in [-0.2, -0.15) is 0 Å². The molecule has 37 heavy (non-hydrogen) atoms. The third kappa shape index (κ3) is 4.95. The van der Waals surface area contributed by atoms with E-state index in [0.717, 1.165) is 5.56 Å².